The first-order valence-corrected chi connectivity index (χ1v) is 4.39. The maximum Gasteiger partial charge on any atom is 0.411 e. The van der Waals surface area contributed by atoms with Gasteiger partial charge in [-0.25, -0.2) is 0 Å². The van der Waals surface area contributed by atoms with Crippen LogP contribution in [-0.2, 0) is 14.3 Å². The van der Waals surface area contributed by atoms with E-state index in [0.717, 1.165) is 0 Å². The molecule has 0 rings (SSSR count). The van der Waals surface area contributed by atoms with Crippen LogP contribution in [0.3, 0.4) is 0 Å². The van der Waals surface area contributed by atoms with Crippen LogP contribution in [-0.4, -0.2) is 42.4 Å². The minimum Gasteiger partial charge on any atom is -0.480 e. The molecule has 0 saturated heterocycles. The fraction of sp³-hybridized carbons (Fsp3) is 0.750. The highest BCUT2D eigenvalue weighted by molar-refractivity contribution is 5.83. The van der Waals surface area contributed by atoms with E-state index in [-0.39, 0.29) is 6.42 Å². The van der Waals surface area contributed by atoms with Gasteiger partial charge in [0, 0.05) is 6.42 Å². The Morgan fingerprint density at radius 1 is 1.44 bits per heavy atom. The van der Waals surface area contributed by atoms with Crippen LogP contribution in [0.1, 0.15) is 13.3 Å². The van der Waals surface area contributed by atoms with Crippen molar-refractivity contribution in [2.45, 2.75) is 25.6 Å². The van der Waals surface area contributed by atoms with Gasteiger partial charge in [-0.05, 0) is 6.92 Å². The van der Waals surface area contributed by atoms with Gasteiger partial charge in [0.05, 0.1) is 6.61 Å². The zero-order chi connectivity index (χ0) is 12.8. The molecule has 8 heteroatoms. The van der Waals surface area contributed by atoms with Crippen LogP contribution >= 0.6 is 0 Å². The Kier molecular flexibility index (Phi) is 5.79. The Hall–Kier alpha value is -1.31. The smallest absolute Gasteiger partial charge is 0.411 e. The Morgan fingerprint density at radius 3 is 2.44 bits per heavy atom. The Balaban J connectivity index is 3.63. The van der Waals surface area contributed by atoms with Crippen LogP contribution in [0.25, 0.3) is 0 Å². The number of alkyl halides is 3. The number of carbonyl (C=O) groups is 2. The van der Waals surface area contributed by atoms with E-state index in [0.29, 0.717) is 0 Å². The third-order valence-corrected chi connectivity index (χ3v) is 1.49. The molecule has 0 aliphatic heterocycles. The van der Waals surface area contributed by atoms with Gasteiger partial charge >= 0.3 is 12.1 Å². The van der Waals surface area contributed by atoms with E-state index in [2.05, 4.69) is 10.1 Å². The maximum absolute atomic E-state index is 11.6. The first kappa shape index (κ1) is 14.7. The van der Waals surface area contributed by atoms with Gasteiger partial charge in [-0.3, -0.25) is 9.59 Å². The molecule has 0 aromatic carbocycles. The second-order valence-corrected chi connectivity index (χ2v) is 3.05. The number of carbonyl (C=O) groups excluding carboxylic acids is 1. The Bertz CT molecular complexity index is 254. The summed E-state index contributed by atoms with van der Waals surface area (Å²) in [7, 11) is 0. The predicted octanol–water partition coefficient (Wildman–Crippen LogP) is 0.545. The second-order valence-electron chi connectivity index (χ2n) is 3.05. The van der Waals surface area contributed by atoms with Gasteiger partial charge in [0.1, 0.15) is 12.6 Å². The molecule has 0 aromatic heterocycles. The molecule has 1 atom stereocenters. The molecule has 94 valence electrons. The quantitative estimate of drug-likeness (QED) is 0.668. The van der Waals surface area contributed by atoms with Gasteiger partial charge in [-0.2, -0.15) is 13.2 Å². The summed E-state index contributed by atoms with van der Waals surface area (Å²) in [5.41, 5.74) is 0. The minimum atomic E-state index is -4.43. The molecular weight excluding hydrogens is 231 g/mol. The highest BCUT2D eigenvalue weighted by Crippen LogP contribution is 2.14. The first-order valence-electron chi connectivity index (χ1n) is 4.39. The molecule has 1 unspecified atom stereocenters. The van der Waals surface area contributed by atoms with E-state index in [1.807, 2.05) is 0 Å². The lowest BCUT2D eigenvalue weighted by Gasteiger charge is -2.10. The molecule has 0 aromatic rings. The molecule has 0 aliphatic carbocycles. The summed E-state index contributed by atoms with van der Waals surface area (Å²) in [4.78, 5) is 21.2. The van der Waals surface area contributed by atoms with Crippen molar-refractivity contribution in [3.63, 3.8) is 0 Å². The Morgan fingerprint density at radius 2 is 2.00 bits per heavy atom. The van der Waals surface area contributed by atoms with Crippen molar-refractivity contribution in [3.05, 3.63) is 0 Å². The van der Waals surface area contributed by atoms with Crippen LogP contribution in [0.5, 0.6) is 0 Å². The largest absolute Gasteiger partial charge is 0.480 e. The summed E-state index contributed by atoms with van der Waals surface area (Å²) >= 11 is 0. The average Bonchev–Trinajstić information content (AvgIpc) is 2.10. The predicted molar refractivity (Wildman–Crippen MR) is 46.7 cm³/mol. The summed E-state index contributed by atoms with van der Waals surface area (Å²) in [6.07, 6.45) is -4.74. The topological polar surface area (TPSA) is 75.6 Å². The second kappa shape index (κ2) is 6.31. The number of halogens is 3. The number of amides is 1. The number of rotatable bonds is 6. The number of hydrogen-bond donors (Lipinski definition) is 2. The summed E-state index contributed by atoms with van der Waals surface area (Å²) in [6.45, 7) is -0.580. The molecule has 2 N–H and O–H groups in total. The van der Waals surface area contributed by atoms with Crippen molar-refractivity contribution in [1.82, 2.24) is 5.32 Å². The molecule has 0 fully saturated rings. The molecule has 0 heterocycles. The molecule has 1 amide bonds. The lowest BCUT2D eigenvalue weighted by molar-refractivity contribution is -0.174. The summed E-state index contributed by atoms with van der Waals surface area (Å²) in [5.74, 6) is -1.89. The van der Waals surface area contributed by atoms with Gasteiger partial charge in [0.2, 0.25) is 5.91 Å². The van der Waals surface area contributed by atoms with Crippen molar-refractivity contribution < 1.29 is 32.6 Å². The Labute approximate surface area is 89.6 Å². The first-order chi connectivity index (χ1) is 7.22. The van der Waals surface area contributed by atoms with E-state index in [1.54, 1.807) is 0 Å². The van der Waals surface area contributed by atoms with E-state index in [1.165, 1.54) is 6.92 Å². The monoisotopic (exact) mass is 243 g/mol. The fourth-order valence-corrected chi connectivity index (χ4v) is 0.728. The van der Waals surface area contributed by atoms with E-state index in [9.17, 15) is 22.8 Å². The molecule has 0 radical (unpaired) electrons. The van der Waals surface area contributed by atoms with Gasteiger partial charge in [0.25, 0.3) is 0 Å². The third kappa shape index (κ3) is 8.04. The van der Waals surface area contributed by atoms with Crippen molar-refractivity contribution >= 4 is 11.9 Å². The van der Waals surface area contributed by atoms with Gasteiger partial charge in [-0.1, -0.05) is 0 Å². The van der Waals surface area contributed by atoms with Crippen molar-refractivity contribution in [1.29, 1.82) is 0 Å². The number of ether oxygens (including phenoxy) is 1. The van der Waals surface area contributed by atoms with Crippen molar-refractivity contribution in [2.24, 2.45) is 0 Å². The standard InChI is InChI=1S/C8H12F3NO4/c1-5(7(14)15)12-6(13)2-3-16-4-8(9,10)11/h5H,2-4H2,1H3,(H,12,13)(H,14,15). The van der Waals surface area contributed by atoms with Crippen LogP contribution in [0, 0.1) is 0 Å². The van der Waals surface area contributed by atoms with Gasteiger partial charge < -0.3 is 15.2 Å². The summed E-state index contributed by atoms with van der Waals surface area (Å²) in [5, 5.41) is 10.5. The number of carboxylic acids is 1. The van der Waals surface area contributed by atoms with E-state index in [4.69, 9.17) is 5.11 Å². The minimum absolute atomic E-state index is 0.312. The fourth-order valence-electron chi connectivity index (χ4n) is 0.728. The highest BCUT2D eigenvalue weighted by Gasteiger charge is 2.27. The number of nitrogens with one attached hydrogen (secondary N) is 1. The molecule has 0 spiro atoms. The van der Waals surface area contributed by atoms with E-state index >= 15 is 0 Å². The van der Waals surface area contributed by atoms with Crippen molar-refractivity contribution in [3.8, 4) is 0 Å². The SMILES string of the molecule is CC(NC(=O)CCOCC(F)(F)F)C(=O)O. The molecule has 0 aliphatic rings. The van der Waals surface area contributed by atoms with Crippen LogP contribution in [0.2, 0.25) is 0 Å². The molecule has 0 bridgehead atoms. The van der Waals surface area contributed by atoms with Crippen LogP contribution in [0.4, 0.5) is 13.2 Å². The molecule has 5 nitrogen and oxygen atoms in total. The summed E-state index contributed by atoms with van der Waals surface area (Å²) < 4.78 is 39.0. The van der Waals surface area contributed by atoms with Gasteiger partial charge in [-0.15, -0.1) is 0 Å². The normalized spacial score (nSPS) is 13.2. The third-order valence-electron chi connectivity index (χ3n) is 1.49. The maximum atomic E-state index is 11.6. The molecule has 16 heavy (non-hydrogen) atoms. The highest BCUT2D eigenvalue weighted by atomic mass is 19.4. The lowest BCUT2D eigenvalue weighted by atomic mass is 10.3. The lowest BCUT2D eigenvalue weighted by Crippen LogP contribution is -2.38. The van der Waals surface area contributed by atoms with Gasteiger partial charge in [0.15, 0.2) is 0 Å². The number of hydrogen-bond acceptors (Lipinski definition) is 3. The number of aliphatic carboxylic acids is 1. The average molecular weight is 243 g/mol. The molecule has 0 saturated carbocycles. The zero-order valence-electron chi connectivity index (χ0n) is 8.50. The summed E-state index contributed by atoms with van der Waals surface area (Å²) in [6, 6.07) is -1.07. The zero-order valence-corrected chi connectivity index (χ0v) is 8.50. The van der Waals surface area contributed by atoms with E-state index < -0.39 is 37.3 Å². The van der Waals surface area contributed by atoms with Crippen LogP contribution in [0.15, 0.2) is 0 Å². The number of carboxylic acid groups (broad SMARTS) is 1. The molecular formula is C8H12F3NO4. The van der Waals surface area contributed by atoms with Crippen molar-refractivity contribution in [2.75, 3.05) is 13.2 Å². The van der Waals surface area contributed by atoms with Crippen LogP contribution < -0.4 is 5.32 Å².